The van der Waals surface area contributed by atoms with Gasteiger partial charge in [-0.2, -0.15) is 26.1 Å². The van der Waals surface area contributed by atoms with Crippen LogP contribution in [0.15, 0.2) is 6.33 Å². The minimum absolute atomic E-state index is 0.346. The molecule has 1 aliphatic rings. The fourth-order valence-corrected chi connectivity index (χ4v) is 2.90. The number of H-pyrrole nitrogens is 1. The van der Waals surface area contributed by atoms with Crippen LogP contribution in [0.3, 0.4) is 0 Å². The summed E-state index contributed by atoms with van der Waals surface area (Å²) in [6, 6.07) is 0.346. The third kappa shape index (κ3) is 1.71. The Labute approximate surface area is 95.3 Å². The molecule has 7 heteroatoms. The van der Waals surface area contributed by atoms with Crippen molar-refractivity contribution in [3.63, 3.8) is 0 Å². The number of hydrogen-bond acceptors (Lipinski definition) is 5. The lowest BCUT2D eigenvalue weighted by Crippen LogP contribution is -2.19. The molecule has 0 aliphatic carbocycles. The average molecular weight is 239 g/mol. The predicted octanol–water partition coefficient (Wildman–Crippen LogP) is 1.41. The average Bonchev–Trinajstić information content (AvgIpc) is 2.87. The second-order valence-electron chi connectivity index (χ2n) is 3.65. The number of hydrogen-bond donors (Lipinski definition) is 2. The van der Waals surface area contributed by atoms with Gasteiger partial charge in [-0.05, 0) is 12.2 Å². The van der Waals surface area contributed by atoms with Crippen LogP contribution >= 0.6 is 11.8 Å². The van der Waals surface area contributed by atoms with Crippen molar-refractivity contribution < 1.29 is 4.39 Å². The van der Waals surface area contributed by atoms with E-state index in [9.17, 15) is 4.39 Å². The van der Waals surface area contributed by atoms with E-state index < -0.39 is 6.08 Å². The number of halogens is 1. The van der Waals surface area contributed by atoms with Gasteiger partial charge in [-0.15, -0.1) is 0 Å². The van der Waals surface area contributed by atoms with Crippen molar-refractivity contribution in [3.05, 3.63) is 12.4 Å². The number of aromatic nitrogens is 4. The van der Waals surface area contributed by atoms with Gasteiger partial charge >= 0.3 is 6.08 Å². The second kappa shape index (κ2) is 3.89. The third-order valence-corrected chi connectivity index (χ3v) is 3.68. The smallest absolute Gasteiger partial charge is 0.312 e. The van der Waals surface area contributed by atoms with Crippen LogP contribution in [-0.4, -0.2) is 37.5 Å². The zero-order chi connectivity index (χ0) is 11.0. The highest BCUT2D eigenvalue weighted by molar-refractivity contribution is 7.99. The number of nitrogens with zero attached hydrogens (tertiary/aromatic N) is 3. The van der Waals surface area contributed by atoms with E-state index in [0.29, 0.717) is 23.0 Å². The summed E-state index contributed by atoms with van der Waals surface area (Å²) in [6.45, 7) is 0. The van der Waals surface area contributed by atoms with Gasteiger partial charge in [0.25, 0.3) is 0 Å². The van der Waals surface area contributed by atoms with E-state index in [0.717, 1.165) is 17.9 Å². The molecular weight excluding hydrogens is 229 g/mol. The summed E-state index contributed by atoms with van der Waals surface area (Å²) in [5.41, 5.74) is 1.03. The maximum atomic E-state index is 13.1. The first-order valence-electron chi connectivity index (χ1n) is 5.04. The van der Waals surface area contributed by atoms with E-state index in [2.05, 4.69) is 25.3 Å². The first-order chi connectivity index (χ1) is 7.83. The molecule has 16 heavy (non-hydrogen) atoms. The minimum atomic E-state index is -0.732. The van der Waals surface area contributed by atoms with E-state index in [1.54, 1.807) is 0 Å². The van der Waals surface area contributed by atoms with Crippen molar-refractivity contribution in [1.29, 1.82) is 0 Å². The highest BCUT2D eigenvalue weighted by atomic mass is 32.2. The Morgan fingerprint density at radius 3 is 3.25 bits per heavy atom. The van der Waals surface area contributed by atoms with Gasteiger partial charge in [-0.25, -0.2) is 4.98 Å². The van der Waals surface area contributed by atoms with Gasteiger partial charge in [0.1, 0.15) is 5.52 Å². The Bertz CT molecular complexity index is 508. The minimum Gasteiger partial charge on any atom is -0.364 e. The van der Waals surface area contributed by atoms with Crippen molar-refractivity contribution >= 4 is 28.7 Å². The van der Waals surface area contributed by atoms with Crippen LogP contribution in [0.4, 0.5) is 10.2 Å². The number of imidazole rings is 1. The lowest BCUT2D eigenvalue weighted by Gasteiger charge is -2.11. The predicted molar refractivity (Wildman–Crippen MR) is 61.0 cm³/mol. The van der Waals surface area contributed by atoms with Gasteiger partial charge in [0.2, 0.25) is 0 Å². The van der Waals surface area contributed by atoms with Gasteiger partial charge in [0.05, 0.1) is 6.33 Å². The summed E-state index contributed by atoms with van der Waals surface area (Å²) in [4.78, 5) is 14.2. The van der Waals surface area contributed by atoms with Crippen LogP contribution in [0.2, 0.25) is 0 Å². The fraction of sp³-hybridized carbons (Fsp3) is 0.444. The molecule has 0 spiro atoms. The van der Waals surface area contributed by atoms with Crippen LogP contribution in [0.5, 0.6) is 0 Å². The van der Waals surface area contributed by atoms with E-state index in [1.807, 2.05) is 11.8 Å². The third-order valence-electron chi connectivity index (χ3n) is 2.52. The number of thioether (sulfide) groups is 1. The van der Waals surface area contributed by atoms with Gasteiger partial charge in [0.15, 0.2) is 11.5 Å². The second-order valence-corrected chi connectivity index (χ2v) is 4.80. The molecule has 3 rings (SSSR count). The molecule has 1 saturated heterocycles. The van der Waals surface area contributed by atoms with Gasteiger partial charge in [-0.3, -0.25) is 0 Å². The normalized spacial score (nSPS) is 20.4. The Hall–Kier alpha value is -1.37. The highest BCUT2D eigenvalue weighted by Crippen LogP contribution is 2.23. The lowest BCUT2D eigenvalue weighted by molar-refractivity contribution is 0.544. The number of aromatic amines is 1. The number of rotatable bonds is 2. The molecule has 1 atom stereocenters. The lowest BCUT2D eigenvalue weighted by atomic mass is 10.2. The molecule has 0 unspecified atom stereocenters. The van der Waals surface area contributed by atoms with Crippen LogP contribution in [0.1, 0.15) is 6.42 Å². The maximum absolute atomic E-state index is 13.1. The SMILES string of the molecule is Fc1nc(N[C@H]2CCSC2)c2nc[nH]c2n1. The summed E-state index contributed by atoms with van der Waals surface area (Å²) in [5, 5.41) is 3.22. The van der Waals surface area contributed by atoms with Crippen molar-refractivity contribution in [1.82, 2.24) is 19.9 Å². The van der Waals surface area contributed by atoms with E-state index in [-0.39, 0.29) is 0 Å². The molecule has 2 N–H and O–H groups in total. The topological polar surface area (TPSA) is 66.5 Å². The number of anilines is 1. The van der Waals surface area contributed by atoms with Crippen molar-refractivity contribution in [3.8, 4) is 0 Å². The summed E-state index contributed by atoms with van der Waals surface area (Å²) in [7, 11) is 0. The van der Waals surface area contributed by atoms with Gasteiger partial charge < -0.3 is 10.3 Å². The first-order valence-corrected chi connectivity index (χ1v) is 6.19. The Kier molecular flexibility index (Phi) is 2.39. The van der Waals surface area contributed by atoms with Crippen LogP contribution in [0.25, 0.3) is 11.2 Å². The summed E-state index contributed by atoms with van der Waals surface area (Å²) in [5.74, 6) is 2.64. The van der Waals surface area contributed by atoms with E-state index >= 15 is 0 Å². The largest absolute Gasteiger partial charge is 0.364 e. The fourth-order valence-electron chi connectivity index (χ4n) is 1.75. The summed E-state index contributed by atoms with van der Waals surface area (Å²) < 4.78 is 13.1. The van der Waals surface area contributed by atoms with Gasteiger partial charge in [-0.1, -0.05) is 0 Å². The summed E-state index contributed by atoms with van der Waals surface area (Å²) in [6.07, 6.45) is 1.83. The van der Waals surface area contributed by atoms with Crippen LogP contribution in [-0.2, 0) is 0 Å². The van der Waals surface area contributed by atoms with Crippen LogP contribution < -0.4 is 5.32 Å². The molecule has 0 aromatic carbocycles. The molecule has 3 heterocycles. The van der Waals surface area contributed by atoms with E-state index in [1.165, 1.54) is 6.33 Å². The monoisotopic (exact) mass is 239 g/mol. The molecule has 5 nitrogen and oxygen atoms in total. The molecule has 2 aromatic heterocycles. The van der Waals surface area contributed by atoms with Gasteiger partial charge in [0, 0.05) is 11.8 Å². The molecule has 0 amide bonds. The summed E-state index contributed by atoms with van der Waals surface area (Å²) >= 11 is 1.89. The number of nitrogens with one attached hydrogen (secondary N) is 2. The molecular formula is C9H10FN5S. The molecule has 1 aliphatic heterocycles. The molecule has 0 saturated carbocycles. The molecule has 0 bridgehead atoms. The molecule has 1 fully saturated rings. The van der Waals surface area contributed by atoms with E-state index in [4.69, 9.17) is 0 Å². The van der Waals surface area contributed by atoms with Crippen molar-refractivity contribution in [2.45, 2.75) is 12.5 Å². The van der Waals surface area contributed by atoms with Crippen molar-refractivity contribution in [2.24, 2.45) is 0 Å². The standard InChI is InChI=1S/C9H10FN5S/c10-9-14-7-6(11-4-12-7)8(15-9)13-5-1-2-16-3-5/h4-5H,1-3H2,(H2,11,12,13,14,15)/t5-/m0/s1. The van der Waals surface area contributed by atoms with Crippen LogP contribution in [0, 0.1) is 6.08 Å². The Morgan fingerprint density at radius 2 is 2.44 bits per heavy atom. The van der Waals surface area contributed by atoms with Crippen molar-refractivity contribution in [2.75, 3.05) is 16.8 Å². The molecule has 0 radical (unpaired) electrons. The zero-order valence-corrected chi connectivity index (χ0v) is 9.22. The quantitative estimate of drug-likeness (QED) is 0.776. The number of fused-ring (bicyclic) bond motifs is 1. The first kappa shape index (κ1) is 9.83. The highest BCUT2D eigenvalue weighted by Gasteiger charge is 2.18. The maximum Gasteiger partial charge on any atom is 0.312 e. The zero-order valence-electron chi connectivity index (χ0n) is 8.40. The molecule has 2 aromatic rings. The molecule has 84 valence electrons. The Morgan fingerprint density at radius 1 is 1.50 bits per heavy atom. The Balaban J connectivity index is 1.97.